The van der Waals surface area contributed by atoms with Gasteiger partial charge in [-0.3, -0.25) is 10.1 Å². The van der Waals surface area contributed by atoms with Crippen molar-refractivity contribution < 1.29 is 14.8 Å². The van der Waals surface area contributed by atoms with E-state index in [1.807, 2.05) is 11.8 Å². The topological polar surface area (TPSA) is 83.7 Å². The average molecular weight is 296 g/mol. The van der Waals surface area contributed by atoms with Gasteiger partial charge in [0.2, 0.25) is 0 Å². The van der Waals surface area contributed by atoms with Crippen LogP contribution in [0.2, 0.25) is 0 Å². The Kier molecular flexibility index (Phi) is 3.89. The van der Waals surface area contributed by atoms with E-state index in [1.54, 1.807) is 6.07 Å². The summed E-state index contributed by atoms with van der Waals surface area (Å²) < 4.78 is 0.0867. The van der Waals surface area contributed by atoms with Gasteiger partial charge in [0.15, 0.2) is 0 Å². The predicted molar refractivity (Wildman–Crippen MR) is 78.8 cm³/mol. The molecular formula is C13H16N2O4S. The zero-order valence-corrected chi connectivity index (χ0v) is 12.1. The minimum Gasteiger partial charge on any atom is -0.477 e. The minimum atomic E-state index is -1.27. The molecule has 1 heterocycles. The van der Waals surface area contributed by atoms with Crippen molar-refractivity contribution in [3.8, 4) is 0 Å². The van der Waals surface area contributed by atoms with Crippen LogP contribution in [0.4, 0.5) is 11.4 Å². The third kappa shape index (κ3) is 3.04. The lowest BCUT2D eigenvalue weighted by molar-refractivity contribution is -0.385. The Hall–Kier alpha value is -1.76. The normalized spacial score (nSPS) is 17.8. The highest BCUT2D eigenvalue weighted by Crippen LogP contribution is 2.33. The van der Waals surface area contributed by atoms with Crippen LogP contribution < -0.4 is 4.90 Å². The second kappa shape index (κ2) is 5.32. The fraction of sp³-hybridized carbons (Fsp3) is 0.462. The molecule has 0 unspecified atom stereocenters. The number of carboxylic acid groups (broad SMARTS) is 1. The monoisotopic (exact) mass is 296 g/mol. The molecule has 1 saturated heterocycles. The number of benzene rings is 1. The number of nitrogens with zero attached hydrogens (tertiary/aromatic N) is 2. The summed E-state index contributed by atoms with van der Waals surface area (Å²) in [4.78, 5) is 23.4. The van der Waals surface area contributed by atoms with Crippen molar-refractivity contribution in [3.63, 3.8) is 0 Å². The number of anilines is 1. The van der Waals surface area contributed by atoms with E-state index in [9.17, 15) is 14.9 Å². The van der Waals surface area contributed by atoms with E-state index in [0.29, 0.717) is 0 Å². The largest absolute Gasteiger partial charge is 0.477 e. The Bertz CT molecular complexity index is 559. The van der Waals surface area contributed by atoms with Crippen LogP contribution in [0.25, 0.3) is 0 Å². The number of nitro benzene ring substituents is 1. The van der Waals surface area contributed by atoms with Gasteiger partial charge in [0.05, 0.1) is 4.92 Å². The molecule has 20 heavy (non-hydrogen) atoms. The van der Waals surface area contributed by atoms with Gasteiger partial charge in [0, 0.05) is 35.3 Å². The molecule has 0 aliphatic carbocycles. The summed E-state index contributed by atoms with van der Waals surface area (Å²) in [7, 11) is 0. The maximum atomic E-state index is 11.2. The van der Waals surface area contributed by atoms with Gasteiger partial charge in [-0.25, -0.2) is 4.79 Å². The molecule has 0 radical (unpaired) electrons. The SMILES string of the molecule is CC1(C)CN(c2ccc([N+](=O)[O-])c(C(=O)O)c2)CCS1. The highest BCUT2D eigenvalue weighted by Gasteiger charge is 2.28. The van der Waals surface area contributed by atoms with E-state index in [2.05, 4.69) is 18.7 Å². The molecule has 2 rings (SSSR count). The molecular weight excluding hydrogens is 280 g/mol. The summed E-state index contributed by atoms with van der Waals surface area (Å²) in [6.07, 6.45) is 0. The molecule has 0 bridgehead atoms. The second-order valence-corrected chi connectivity index (χ2v) is 7.10. The summed E-state index contributed by atoms with van der Waals surface area (Å²) in [5.41, 5.74) is 0.0943. The highest BCUT2D eigenvalue weighted by molar-refractivity contribution is 8.00. The molecule has 1 aromatic rings. The van der Waals surface area contributed by atoms with Crippen LogP contribution >= 0.6 is 11.8 Å². The number of nitro groups is 1. The zero-order valence-electron chi connectivity index (χ0n) is 11.3. The summed E-state index contributed by atoms with van der Waals surface area (Å²) in [6.45, 7) is 5.86. The van der Waals surface area contributed by atoms with Gasteiger partial charge in [0.1, 0.15) is 5.56 Å². The molecule has 1 aliphatic heterocycles. The van der Waals surface area contributed by atoms with Crippen LogP contribution in [-0.2, 0) is 0 Å². The van der Waals surface area contributed by atoms with Crippen LogP contribution in [-0.4, -0.2) is 39.6 Å². The molecule has 0 saturated carbocycles. The van der Waals surface area contributed by atoms with Crippen molar-refractivity contribution in [2.24, 2.45) is 0 Å². The first-order valence-corrected chi connectivity index (χ1v) is 7.19. The Morgan fingerprint density at radius 2 is 2.20 bits per heavy atom. The van der Waals surface area contributed by atoms with Gasteiger partial charge in [-0.2, -0.15) is 11.8 Å². The van der Waals surface area contributed by atoms with Gasteiger partial charge in [-0.15, -0.1) is 0 Å². The molecule has 0 amide bonds. The third-order valence-electron chi connectivity index (χ3n) is 3.20. The van der Waals surface area contributed by atoms with Gasteiger partial charge in [-0.1, -0.05) is 0 Å². The van der Waals surface area contributed by atoms with Crippen LogP contribution in [0.5, 0.6) is 0 Å². The fourth-order valence-corrected chi connectivity index (χ4v) is 3.40. The lowest BCUT2D eigenvalue weighted by atomic mass is 10.1. The van der Waals surface area contributed by atoms with Crippen molar-refractivity contribution >= 4 is 29.1 Å². The van der Waals surface area contributed by atoms with Crippen molar-refractivity contribution in [2.75, 3.05) is 23.7 Å². The number of carboxylic acids is 1. The van der Waals surface area contributed by atoms with E-state index in [1.165, 1.54) is 12.1 Å². The molecule has 1 fully saturated rings. The predicted octanol–water partition coefficient (Wildman–Crippen LogP) is 2.62. The summed E-state index contributed by atoms with van der Waals surface area (Å²) in [6, 6.07) is 4.29. The van der Waals surface area contributed by atoms with Crippen molar-refractivity contribution in [1.82, 2.24) is 0 Å². The molecule has 1 aromatic carbocycles. The smallest absolute Gasteiger partial charge is 0.342 e. The van der Waals surface area contributed by atoms with Gasteiger partial charge >= 0.3 is 5.97 Å². The zero-order chi connectivity index (χ0) is 14.9. The van der Waals surface area contributed by atoms with Crippen molar-refractivity contribution in [3.05, 3.63) is 33.9 Å². The van der Waals surface area contributed by atoms with E-state index in [4.69, 9.17) is 5.11 Å². The molecule has 0 aromatic heterocycles. The number of rotatable bonds is 3. The first-order valence-electron chi connectivity index (χ1n) is 6.21. The number of thioether (sulfide) groups is 1. The van der Waals surface area contributed by atoms with Gasteiger partial charge in [0.25, 0.3) is 5.69 Å². The Balaban J connectivity index is 2.36. The highest BCUT2D eigenvalue weighted by atomic mass is 32.2. The van der Waals surface area contributed by atoms with Crippen LogP contribution in [0, 0.1) is 10.1 Å². The lowest BCUT2D eigenvalue weighted by Crippen LogP contribution is -2.43. The van der Waals surface area contributed by atoms with Crippen molar-refractivity contribution in [1.29, 1.82) is 0 Å². The van der Waals surface area contributed by atoms with Crippen LogP contribution in [0.3, 0.4) is 0 Å². The molecule has 0 atom stereocenters. The minimum absolute atomic E-state index is 0.0867. The lowest BCUT2D eigenvalue weighted by Gasteiger charge is -2.39. The molecule has 108 valence electrons. The fourth-order valence-electron chi connectivity index (χ4n) is 2.29. The maximum absolute atomic E-state index is 11.2. The summed E-state index contributed by atoms with van der Waals surface area (Å²) in [5, 5.41) is 20.0. The van der Waals surface area contributed by atoms with Crippen LogP contribution in [0.1, 0.15) is 24.2 Å². The van der Waals surface area contributed by atoms with Gasteiger partial charge < -0.3 is 10.0 Å². The number of aromatic carboxylic acids is 1. The average Bonchev–Trinajstić information content (AvgIpc) is 2.36. The number of hydrogen-bond acceptors (Lipinski definition) is 5. The van der Waals surface area contributed by atoms with E-state index in [0.717, 1.165) is 24.5 Å². The maximum Gasteiger partial charge on any atom is 0.342 e. The van der Waals surface area contributed by atoms with Crippen molar-refractivity contribution in [2.45, 2.75) is 18.6 Å². The van der Waals surface area contributed by atoms with E-state index in [-0.39, 0.29) is 16.0 Å². The third-order valence-corrected chi connectivity index (χ3v) is 4.50. The molecule has 1 N–H and O–H groups in total. The first-order chi connectivity index (χ1) is 9.30. The Morgan fingerprint density at radius 3 is 2.75 bits per heavy atom. The summed E-state index contributed by atoms with van der Waals surface area (Å²) in [5.74, 6) is -0.323. The molecule has 6 nitrogen and oxygen atoms in total. The summed E-state index contributed by atoms with van der Waals surface area (Å²) >= 11 is 1.87. The van der Waals surface area contributed by atoms with Crippen LogP contribution in [0.15, 0.2) is 18.2 Å². The molecule has 7 heteroatoms. The first kappa shape index (κ1) is 14.6. The van der Waals surface area contributed by atoms with E-state index < -0.39 is 10.9 Å². The number of carbonyl (C=O) groups is 1. The Morgan fingerprint density at radius 1 is 1.50 bits per heavy atom. The van der Waals surface area contributed by atoms with Gasteiger partial charge in [-0.05, 0) is 26.0 Å². The molecule has 0 spiro atoms. The standard InChI is InChI=1S/C13H16N2O4S/c1-13(2)8-14(5-6-20-13)9-3-4-11(15(18)19)10(7-9)12(16)17/h3-4,7H,5-6,8H2,1-2H3,(H,16,17). The number of hydrogen-bond donors (Lipinski definition) is 1. The Labute approximate surface area is 120 Å². The molecule has 1 aliphatic rings. The quantitative estimate of drug-likeness (QED) is 0.682. The second-order valence-electron chi connectivity index (χ2n) is 5.29. The van der Waals surface area contributed by atoms with E-state index >= 15 is 0 Å².